The van der Waals surface area contributed by atoms with Crippen LogP contribution in [0.1, 0.15) is 23.6 Å². The van der Waals surface area contributed by atoms with Crippen molar-refractivity contribution in [1.29, 1.82) is 0 Å². The molecule has 2 rings (SSSR count). The number of hydrogen-bond donors (Lipinski definition) is 3. The highest BCUT2D eigenvalue weighted by Crippen LogP contribution is 2.36. The van der Waals surface area contributed by atoms with Gasteiger partial charge < -0.3 is 15.5 Å². The monoisotopic (exact) mass is 253 g/mol. The standard InChI is InChI=1S/C13H19NO2S/c1-17-8-9(15)7-14-12-6-5-11-10(12)3-2-4-13(11)16/h2-4,9,12,14-16H,5-8H2,1H3. The molecule has 0 saturated heterocycles. The Bertz CT molecular complexity index is 384. The number of fused-ring (bicyclic) bond motifs is 1. The number of thioether (sulfide) groups is 1. The summed E-state index contributed by atoms with van der Waals surface area (Å²) in [7, 11) is 0. The normalized spacial score (nSPS) is 20.2. The molecule has 0 aliphatic heterocycles. The Kier molecular flexibility index (Phi) is 4.31. The lowest BCUT2D eigenvalue weighted by atomic mass is 10.1. The van der Waals surface area contributed by atoms with Crippen molar-refractivity contribution in [3.63, 3.8) is 0 Å². The van der Waals surface area contributed by atoms with Crippen molar-refractivity contribution in [2.45, 2.75) is 25.0 Å². The first kappa shape index (κ1) is 12.7. The van der Waals surface area contributed by atoms with Crippen LogP contribution in [0.15, 0.2) is 18.2 Å². The number of phenols is 1. The molecule has 0 amide bonds. The van der Waals surface area contributed by atoms with E-state index in [0.29, 0.717) is 12.3 Å². The fraction of sp³-hybridized carbons (Fsp3) is 0.538. The van der Waals surface area contributed by atoms with Crippen molar-refractivity contribution in [3.8, 4) is 5.75 Å². The second kappa shape index (κ2) is 5.76. The minimum absolute atomic E-state index is 0.272. The van der Waals surface area contributed by atoms with Crippen molar-refractivity contribution < 1.29 is 10.2 Å². The highest BCUT2D eigenvalue weighted by molar-refractivity contribution is 7.98. The predicted molar refractivity (Wildman–Crippen MR) is 71.6 cm³/mol. The maximum absolute atomic E-state index is 9.73. The molecule has 1 aromatic rings. The molecule has 1 aromatic carbocycles. The summed E-state index contributed by atoms with van der Waals surface area (Å²) in [5.74, 6) is 1.16. The topological polar surface area (TPSA) is 52.5 Å². The van der Waals surface area contributed by atoms with Gasteiger partial charge in [0.25, 0.3) is 0 Å². The molecule has 4 heteroatoms. The number of nitrogens with one attached hydrogen (secondary N) is 1. The summed E-state index contributed by atoms with van der Waals surface area (Å²) in [6.07, 6.45) is 3.61. The quantitative estimate of drug-likeness (QED) is 0.747. The summed E-state index contributed by atoms with van der Waals surface area (Å²) >= 11 is 1.65. The zero-order valence-electron chi connectivity index (χ0n) is 10.0. The number of aliphatic hydroxyl groups excluding tert-OH is 1. The smallest absolute Gasteiger partial charge is 0.119 e. The molecule has 2 atom stereocenters. The molecule has 0 fully saturated rings. The molecule has 0 radical (unpaired) electrons. The van der Waals surface area contributed by atoms with Crippen LogP contribution in [0.5, 0.6) is 5.75 Å². The first-order valence-corrected chi connectivity index (χ1v) is 7.33. The molecule has 1 aliphatic rings. The summed E-state index contributed by atoms with van der Waals surface area (Å²) in [5, 5.41) is 22.8. The van der Waals surface area contributed by atoms with Crippen LogP contribution < -0.4 is 5.32 Å². The minimum Gasteiger partial charge on any atom is -0.508 e. The Morgan fingerprint density at radius 1 is 1.53 bits per heavy atom. The number of aliphatic hydroxyl groups is 1. The lowest BCUT2D eigenvalue weighted by Crippen LogP contribution is -2.30. The van der Waals surface area contributed by atoms with Gasteiger partial charge in [-0.15, -0.1) is 0 Å². The SMILES string of the molecule is CSCC(O)CNC1CCc2c(O)cccc21. The van der Waals surface area contributed by atoms with Crippen LogP contribution in [-0.4, -0.2) is 34.9 Å². The third kappa shape index (κ3) is 2.94. The molecule has 3 N–H and O–H groups in total. The number of rotatable bonds is 5. The van der Waals surface area contributed by atoms with Crippen LogP contribution in [-0.2, 0) is 6.42 Å². The fourth-order valence-electron chi connectivity index (χ4n) is 2.38. The van der Waals surface area contributed by atoms with E-state index in [9.17, 15) is 10.2 Å². The van der Waals surface area contributed by atoms with Gasteiger partial charge in [0, 0.05) is 18.3 Å². The molecule has 0 aromatic heterocycles. The van der Waals surface area contributed by atoms with Gasteiger partial charge in [0.15, 0.2) is 0 Å². The van der Waals surface area contributed by atoms with Crippen LogP contribution in [0.4, 0.5) is 0 Å². The molecule has 0 spiro atoms. The van der Waals surface area contributed by atoms with Gasteiger partial charge in [-0.25, -0.2) is 0 Å². The van der Waals surface area contributed by atoms with E-state index in [1.165, 1.54) is 5.56 Å². The number of benzene rings is 1. The summed E-state index contributed by atoms with van der Waals surface area (Å²) in [4.78, 5) is 0. The zero-order chi connectivity index (χ0) is 12.3. The lowest BCUT2D eigenvalue weighted by Gasteiger charge is -2.17. The average Bonchev–Trinajstić information content (AvgIpc) is 2.72. The van der Waals surface area contributed by atoms with E-state index in [1.54, 1.807) is 17.8 Å². The van der Waals surface area contributed by atoms with Gasteiger partial charge in [-0.1, -0.05) is 12.1 Å². The van der Waals surface area contributed by atoms with Crippen LogP contribution in [0, 0.1) is 0 Å². The molecule has 94 valence electrons. The minimum atomic E-state index is -0.300. The van der Waals surface area contributed by atoms with Crippen molar-refractivity contribution in [2.24, 2.45) is 0 Å². The van der Waals surface area contributed by atoms with E-state index in [1.807, 2.05) is 12.3 Å². The van der Waals surface area contributed by atoms with E-state index in [-0.39, 0.29) is 12.1 Å². The van der Waals surface area contributed by atoms with Crippen molar-refractivity contribution >= 4 is 11.8 Å². The Labute approximate surface area is 106 Å². The van der Waals surface area contributed by atoms with Crippen molar-refractivity contribution in [2.75, 3.05) is 18.6 Å². The molecule has 0 saturated carbocycles. The van der Waals surface area contributed by atoms with Gasteiger partial charge >= 0.3 is 0 Å². The summed E-state index contributed by atoms with van der Waals surface area (Å²) < 4.78 is 0. The lowest BCUT2D eigenvalue weighted by molar-refractivity contribution is 0.190. The highest BCUT2D eigenvalue weighted by atomic mass is 32.2. The van der Waals surface area contributed by atoms with Gasteiger partial charge in [-0.2, -0.15) is 11.8 Å². The average molecular weight is 253 g/mol. The maximum Gasteiger partial charge on any atom is 0.119 e. The largest absolute Gasteiger partial charge is 0.508 e. The summed E-state index contributed by atoms with van der Waals surface area (Å²) in [5.41, 5.74) is 2.24. The molecule has 3 nitrogen and oxygen atoms in total. The van der Waals surface area contributed by atoms with E-state index in [2.05, 4.69) is 11.4 Å². The van der Waals surface area contributed by atoms with E-state index >= 15 is 0 Å². The van der Waals surface area contributed by atoms with Gasteiger partial charge in [-0.05, 0) is 36.3 Å². The Balaban J connectivity index is 1.96. The molecule has 2 unspecified atom stereocenters. The molecule has 1 aliphatic carbocycles. The van der Waals surface area contributed by atoms with Gasteiger partial charge in [-0.3, -0.25) is 0 Å². The fourth-order valence-corrected chi connectivity index (χ4v) is 2.88. The van der Waals surface area contributed by atoms with E-state index in [4.69, 9.17) is 0 Å². The summed E-state index contributed by atoms with van der Waals surface area (Å²) in [6, 6.07) is 5.95. The molecular weight excluding hydrogens is 234 g/mol. The van der Waals surface area contributed by atoms with E-state index < -0.39 is 0 Å². The molecule has 0 heterocycles. The first-order chi connectivity index (χ1) is 8.22. The van der Waals surface area contributed by atoms with Crippen LogP contribution >= 0.6 is 11.8 Å². The second-order valence-corrected chi connectivity index (χ2v) is 5.36. The Morgan fingerprint density at radius 3 is 3.12 bits per heavy atom. The zero-order valence-corrected chi connectivity index (χ0v) is 10.8. The van der Waals surface area contributed by atoms with Gasteiger partial charge in [0.1, 0.15) is 5.75 Å². The Morgan fingerprint density at radius 2 is 2.35 bits per heavy atom. The highest BCUT2D eigenvalue weighted by Gasteiger charge is 2.24. The van der Waals surface area contributed by atoms with Crippen molar-refractivity contribution in [1.82, 2.24) is 5.32 Å². The maximum atomic E-state index is 9.73. The van der Waals surface area contributed by atoms with Gasteiger partial charge in [0.05, 0.1) is 6.10 Å². The van der Waals surface area contributed by atoms with Gasteiger partial charge in [0.2, 0.25) is 0 Å². The Hall–Kier alpha value is -0.710. The van der Waals surface area contributed by atoms with E-state index in [0.717, 1.165) is 24.2 Å². The predicted octanol–water partition coefficient (Wildman–Crippen LogP) is 1.69. The first-order valence-electron chi connectivity index (χ1n) is 5.93. The number of aromatic hydroxyl groups is 1. The van der Waals surface area contributed by atoms with Crippen molar-refractivity contribution in [3.05, 3.63) is 29.3 Å². The molecule has 0 bridgehead atoms. The van der Waals surface area contributed by atoms with Crippen LogP contribution in [0.2, 0.25) is 0 Å². The van der Waals surface area contributed by atoms with Crippen LogP contribution in [0.25, 0.3) is 0 Å². The second-order valence-electron chi connectivity index (χ2n) is 4.45. The molecular formula is C13H19NO2S. The number of hydrogen-bond acceptors (Lipinski definition) is 4. The molecule has 17 heavy (non-hydrogen) atoms. The number of phenolic OH excluding ortho intramolecular Hbond substituents is 1. The third-order valence-corrected chi connectivity index (χ3v) is 3.92. The third-order valence-electron chi connectivity index (χ3n) is 3.20. The summed E-state index contributed by atoms with van der Waals surface area (Å²) in [6.45, 7) is 0.612. The van der Waals surface area contributed by atoms with Crippen LogP contribution in [0.3, 0.4) is 0 Å².